The number of aryl methyl sites for hydroxylation is 2. The fourth-order valence-corrected chi connectivity index (χ4v) is 3.49. The Bertz CT molecular complexity index is 467. The fraction of sp³-hybridized carbons (Fsp3) is 0.750. The summed E-state index contributed by atoms with van der Waals surface area (Å²) in [4.78, 5) is 11.5. The van der Waals surface area contributed by atoms with Crippen molar-refractivity contribution in [3.05, 3.63) is 17.5 Å². The van der Waals surface area contributed by atoms with Gasteiger partial charge in [-0.25, -0.2) is 0 Å². The van der Waals surface area contributed by atoms with Gasteiger partial charge in [0.25, 0.3) is 0 Å². The number of hydrogen-bond donors (Lipinski definition) is 1. The molecule has 0 amide bonds. The Labute approximate surface area is 121 Å². The summed E-state index contributed by atoms with van der Waals surface area (Å²) in [5, 5.41) is 13.9. The van der Waals surface area contributed by atoms with Crippen LogP contribution in [-0.4, -0.2) is 20.9 Å². The number of carboxylic acid groups (broad SMARTS) is 1. The Kier molecular flexibility index (Phi) is 4.84. The predicted molar refractivity (Wildman–Crippen MR) is 78.5 cm³/mol. The maximum Gasteiger partial charge on any atom is 0.306 e. The van der Waals surface area contributed by atoms with E-state index in [0.717, 1.165) is 44.2 Å². The molecule has 20 heavy (non-hydrogen) atoms. The van der Waals surface area contributed by atoms with Crippen molar-refractivity contribution in [2.75, 3.05) is 0 Å². The van der Waals surface area contributed by atoms with E-state index < -0.39 is 5.97 Å². The Hall–Kier alpha value is -1.32. The molecule has 0 saturated heterocycles. The standard InChI is InChI=1S/C16H26N2O2/c1-4-11-6-7-15(16(19)20)12(8-11)9-14-10-13(5-2)17-18(14)3/h10-12,15H,4-9H2,1-3H3,(H,19,20). The summed E-state index contributed by atoms with van der Waals surface area (Å²) in [7, 11) is 1.96. The van der Waals surface area contributed by atoms with E-state index in [4.69, 9.17) is 0 Å². The molecule has 3 atom stereocenters. The number of hydrogen-bond acceptors (Lipinski definition) is 2. The highest BCUT2D eigenvalue weighted by molar-refractivity contribution is 5.70. The molecule has 2 rings (SSSR count). The third-order valence-electron chi connectivity index (χ3n) is 4.85. The average molecular weight is 278 g/mol. The number of nitrogens with zero attached hydrogens (tertiary/aromatic N) is 2. The van der Waals surface area contributed by atoms with Crippen molar-refractivity contribution in [2.24, 2.45) is 24.8 Å². The molecule has 1 aliphatic rings. The monoisotopic (exact) mass is 278 g/mol. The van der Waals surface area contributed by atoms with E-state index >= 15 is 0 Å². The average Bonchev–Trinajstić information content (AvgIpc) is 2.79. The van der Waals surface area contributed by atoms with Gasteiger partial charge in [-0.15, -0.1) is 0 Å². The van der Waals surface area contributed by atoms with Gasteiger partial charge in [-0.1, -0.05) is 20.3 Å². The molecule has 1 saturated carbocycles. The van der Waals surface area contributed by atoms with E-state index in [0.29, 0.717) is 5.92 Å². The number of aromatic nitrogens is 2. The van der Waals surface area contributed by atoms with E-state index in [-0.39, 0.29) is 11.8 Å². The minimum atomic E-state index is -0.623. The van der Waals surface area contributed by atoms with Gasteiger partial charge in [0.15, 0.2) is 0 Å². The summed E-state index contributed by atoms with van der Waals surface area (Å²) in [6.45, 7) is 4.31. The van der Waals surface area contributed by atoms with Crippen LogP contribution >= 0.6 is 0 Å². The molecule has 112 valence electrons. The van der Waals surface area contributed by atoms with Gasteiger partial charge in [-0.3, -0.25) is 9.48 Å². The first kappa shape index (κ1) is 15.1. The summed E-state index contributed by atoms with van der Waals surface area (Å²) in [5.41, 5.74) is 2.27. The van der Waals surface area contributed by atoms with E-state index in [9.17, 15) is 9.90 Å². The third-order valence-corrected chi connectivity index (χ3v) is 4.85. The molecule has 4 heteroatoms. The molecular formula is C16H26N2O2. The largest absolute Gasteiger partial charge is 0.481 e. The number of rotatable bonds is 5. The zero-order valence-corrected chi connectivity index (χ0v) is 12.8. The topological polar surface area (TPSA) is 55.1 Å². The van der Waals surface area contributed by atoms with Crippen LogP contribution in [0.3, 0.4) is 0 Å². The van der Waals surface area contributed by atoms with E-state index in [1.807, 2.05) is 11.7 Å². The summed E-state index contributed by atoms with van der Waals surface area (Å²) in [6, 6.07) is 2.13. The van der Waals surface area contributed by atoms with Crippen LogP contribution in [0.1, 0.15) is 50.9 Å². The first-order chi connectivity index (χ1) is 9.55. The van der Waals surface area contributed by atoms with E-state index in [1.54, 1.807) is 0 Å². The van der Waals surface area contributed by atoms with Gasteiger partial charge in [0, 0.05) is 12.7 Å². The fourth-order valence-electron chi connectivity index (χ4n) is 3.49. The Balaban J connectivity index is 2.13. The molecule has 1 aliphatic carbocycles. The smallest absolute Gasteiger partial charge is 0.306 e. The van der Waals surface area contributed by atoms with Crippen molar-refractivity contribution >= 4 is 5.97 Å². The summed E-state index contributed by atoms with van der Waals surface area (Å²) in [5.74, 6) is 0.140. The Morgan fingerprint density at radius 3 is 2.75 bits per heavy atom. The van der Waals surface area contributed by atoms with Gasteiger partial charge in [-0.2, -0.15) is 5.10 Å². The lowest BCUT2D eigenvalue weighted by molar-refractivity contribution is -0.145. The molecule has 0 bridgehead atoms. The maximum atomic E-state index is 11.5. The Morgan fingerprint density at radius 1 is 1.45 bits per heavy atom. The van der Waals surface area contributed by atoms with Crippen molar-refractivity contribution < 1.29 is 9.90 Å². The number of carboxylic acids is 1. The third kappa shape index (κ3) is 3.22. The first-order valence-electron chi connectivity index (χ1n) is 7.79. The second-order valence-electron chi connectivity index (χ2n) is 6.10. The molecule has 1 fully saturated rings. The normalized spacial score (nSPS) is 26.6. The molecule has 1 aromatic heterocycles. The molecule has 1 aromatic rings. The van der Waals surface area contributed by atoms with Crippen LogP contribution in [0.5, 0.6) is 0 Å². The highest BCUT2D eigenvalue weighted by Crippen LogP contribution is 2.37. The van der Waals surface area contributed by atoms with Gasteiger partial charge in [0.05, 0.1) is 11.6 Å². The maximum absolute atomic E-state index is 11.5. The summed E-state index contributed by atoms with van der Waals surface area (Å²) >= 11 is 0. The van der Waals surface area contributed by atoms with Gasteiger partial charge >= 0.3 is 5.97 Å². The van der Waals surface area contributed by atoms with Crippen LogP contribution in [0, 0.1) is 17.8 Å². The van der Waals surface area contributed by atoms with Crippen molar-refractivity contribution in [1.82, 2.24) is 9.78 Å². The first-order valence-corrected chi connectivity index (χ1v) is 7.79. The highest BCUT2D eigenvalue weighted by atomic mass is 16.4. The molecule has 0 spiro atoms. The predicted octanol–water partition coefficient (Wildman–Crippen LogP) is 3.05. The highest BCUT2D eigenvalue weighted by Gasteiger charge is 2.34. The van der Waals surface area contributed by atoms with Crippen LogP contribution in [0.4, 0.5) is 0 Å². The number of aliphatic carboxylic acids is 1. The van der Waals surface area contributed by atoms with E-state index in [1.165, 1.54) is 5.69 Å². The molecule has 3 unspecified atom stereocenters. The lowest BCUT2D eigenvalue weighted by atomic mass is 9.71. The van der Waals surface area contributed by atoms with Crippen molar-refractivity contribution in [3.8, 4) is 0 Å². The number of carbonyl (C=O) groups is 1. The molecular weight excluding hydrogens is 252 g/mol. The summed E-state index contributed by atoms with van der Waals surface area (Å²) in [6.07, 6.45) is 5.87. The quantitative estimate of drug-likeness (QED) is 0.900. The second kappa shape index (κ2) is 6.42. The molecule has 0 aliphatic heterocycles. The SMILES string of the molecule is CCc1cc(CC2CC(CC)CCC2C(=O)O)n(C)n1. The van der Waals surface area contributed by atoms with Crippen LogP contribution in [0.15, 0.2) is 6.07 Å². The van der Waals surface area contributed by atoms with Gasteiger partial charge in [0.2, 0.25) is 0 Å². The van der Waals surface area contributed by atoms with Crippen molar-refractivity contribution in [1.29, 1.82) is 0 Å². The minimum Gasteiger partial charge on any atom is -0.481 e. The van der Waals surface area contributed by atoms with Crippen molar-refractivity contribution in [3.63, 3.8) is 0 Å². The van der Waals surface area contributed by atoms with Crippen LogP contribution in [-0.2, 0) is 24.7 Å². The molecule has 0 aromatic carbocycles. The zero-order chi connectivity index (χ0) is 14.7. The van der Waals surface area contributed by atoms with Gasteiger partial charge < -0.3 is 5.11 Å². The minimum absolute atomic E-state index is 0.183. The molecule has 0 radical (unpaired) electrons. The lowest BCUT2D eigenvalue weighted by Gasteiger charge is -2.33. The van der Waals surface area contributed by atoms with Crippen LogP contribution in [0.2, 0.25) is 0 Å². The summed E-state index contributed by atoms with van der Waals surface area (Å²) < 4.78 is 1.92. The lowest BCUT2D eigenvalue weighted by Crippen LogP contribution is -2.32. The Morgan fingerprint density at radius 2 is 2.20 bits per heavy atom. The molecule has 4 nitrogen and oxygen atoms in total. The second-order valence-corrected chi connectivity index (χ2v) is 6.10. The zero-order valence-electron chi connectivity index (χ0n) is 12.8. The van der Waals surface area contributed by atoms with Crippen LogP contribution < -0.4 is 0 Å². The molecule has 1 heterocycles. The van der Waals surface area contributed by atoms with Gasteiger partial charge in [0.1, 0.15) is 0 Å². The van der Waals surface area contributed by atoms with E-state index in [2.05, 4.69) is 25.0 Å². The molecule has 1 N–H and O–H groups in total. The van der Waals surface area contributed by atoms with Gasteiger partial charge in [-0.05, 0) is 50.0 Å². The van der Waals surface area contributed by atoms with Crippen LogP contribution in [0.25, 0.3) is 0 Å². The van der Waals surface area contributed by atoms with Crippen molar-refractivity contribution in [2.45, 2.75) is 52.4 Å².